The first-order chi connectivity index (χ1) is 16.5. The number of nitrogens with one attached hydrogen (secondary N) is 1. The lowest BCUT2D eigenvalue weighted by Crippen LogP contribution is -2.33. The molecule has 4 aromatic rings. The van der Waals surface area contributed by atoms with Crippen molar-refractivity contribution in [1.82, 2.24) is 9.88 Å². The fraction of sp³-hybridized carbons (Fsp3) is 0.444. The van der Waals surface area contributed by atoms with Crippen molar-refractivity contribution in [2.24, 2.45) is 0 Å². The van der Waals surface area contributed by atoms with Gasteiger partial charge in [0.05, 0.1) is 12.1 Å². The third kappa shape index (κ3) is 10.2. The minimum Gasteiger partial charge on any atom is -0.460 e. The highest BCUT2D eigenvalue weighted by Gasteiger charge is 2.11. The number of pyridine rings is 2. The smallest absolute Gasteiger partial charge is 0.338 e. The minimum atomic E-state index is -0.374. The molecule has 2 bridgehead atoms. The second kappa shape index (κ2) is 15.6. The van der Waals surface area contributed by atoms with Crippen LogP contribution in [0.15, 0.2) is 59.4 Å². The molecule has 0 saturated heterocycles. The largest absolute Gasteiger partial charge is 0.460 e. The molecule has 2 aromatic carbocycles. The Morgan fingerprint density at radius 3 is 2.15 bits per heavy atom. The second-order valence-electron chi connectivity index (χ2n) is 8.17. The van der Waals surface area contributed by atoms with Crippen molar-refractivity contribution in [2.45, 2.75) is 45.4 Å². The van der Waals surface area contributed by atoms with Gasteiger partial charge >= 0.3 is 5.97 Å². The third-order valence-electron chi connectivity index (χ3n) is 5.37. The van der Waals surface area contributed by atoms with Gasteiger partial charge < -0.3 is 19.4 Å². The van der Waals surface area contributed by atoms with E-state index in [9.17, 15) is 14.4 Å². The molecule has 0 spiro atoms. The molecule has 0 aliphatic heterocycles. The molecule has 7 heteroatoms. The summed E-state index contributed by atoms with van der Waals surface area (Å²) in [5.41, 5.74) is 1.41. The molecule has 1 amide bonds. The van der Waals surface area contributed by atoms with Crippen LogP contribution in [0.4, 0.5) is 0 Å². The zero-order chi connectivity index (χ0) is 24.6. The maximum atomic E-state index is 11.9. The number of carbonyl (C=O) groups is 2. The molecule has 0 unspecified atom stereocenters. The lowest BCUT2D eigenvalue weighted by Gasteiger charge is -2.17. The summed E-state index contributed by atoms with van der Waals surface area (Å²) in [4.78, 5) is 38.7. The summed E-state index contributed by atoms with van der Waals surface area (Å²) >= 11 is 0. The number of benzene rings is 2. The monoisotopic (exact) mass is 468 g/mol. The van der Waals surface area contributed by atoms with Crippen LogP contribution in [0.2, 0.25) is 0 Å². The van der Waals surface area contributed by atoms with Crippen LogP contribution in [-0.2, 0) is 14.3 Å². The fourth-order valence-corrected chi connectivity index (χ4v) is 3.22. The molecule has 2 heterocycles. The van der Waals surface area contributed by atoms with E-state index in [1.54, 1.807) is 31.3 Å². The van der Waals surface area contributed by atoms with E-state index in [2.05, 4.69) is 11.9 Å². The molecule has 1 N–H and O–H groups in total. The average molecular weight is 469 g/mol. The van der Waals surface area contributed by atoms with Crippen LogP contribution in [0.1, 0.15) is 55.8 Å². The molecule has 0 saturated carbocycles. The fourth-order valence-electron chi connectivity index (χ4n) is 3.22. The highest BCUT2D eigenvalue weighted by molar-refractivity contribution is 5.89. The molecule has 0 atom stereocenters. The lowest BCUT2D eigenvalue weighted by molar-refractivity contribution is -0.135. The molecule has 0 aliphatic rings. The van der Waals surface area contributed by atoms with E-state index < -0.39 is 0 Å². The van der Waals surface area contributed by atoms with E-state index in [0.29, 0.717) is 18.7 Å². The first-order valence-electron chi connectivity index (χ1n) is 12.0. The second-order valence-corrected chi connectivity index (χ2v) is 8.17. The van der Waals surface area contributed by atoms with Gasteiger partial charge in [-0.05, 0) is 42.8 Å². The van der Waals surface area contributed by atoms with Gasteiger partial charge in [-0.25, -0.2) is 4.79 Å². The summed E-state index contributed by atoms with van der Waals surface area (Å²) in [7, 11) is 1.69. The maximum absolute atomic E-state index is 11.9. The van der Waals surface area contributed by atoms with Crippen molar-refractivity contribution < 1.29 is 19.1 Å². The predicted molar refractivity (Wildman–Crippen MR) is 134 cm³/mol. The highest BCUT2D eigenvalue weighted by atomic mass is 16.5. The zero-order valence-corrected chi connectivity index (χ0v) is 20.3. The summed E-state index contributed by atoms with van der Waals surface area (Å²) in [6.07, 6.45) is 7.20. The van der Waals surface area contributed by atoms with Gasteiger partial charge in [-0.3, -0.25) is 9.59 Å². The van der Waals surface area contributed by atoms with Gasteiger partial charge in [0.15, 0.2) is 0 Å². The first-order valence-corrected chi connectivity index (χ1v) is 12.0. The van der Waals surface area contributed by atoms with E-state index >= 15 is 0 Å². The standard InChI is InChI=1S/C20H31NO4.C7H5NO/c1-3-4-5-6-7-11-15-24-17-19(22)21(2)14-16-25-20(23)18-12-9-8-10-13-18;9-7-5-1-3-6(8-7)4-2-5/h8-10,12-13H,3-7,11,14-17H2,1-2H3;1-4H,(H,8,9). The number of H-pyrrole nitrogens is 1. The number of hydrogen-bond acceptors (Lipinski definition) is 5. The number of rotatable bonds is 13. The maximum Gasteiger partial charge on any atom is 0.338 e. The van der Waals surface area contributed by atoms with Gasteiger partial charge in [0.25, 0.3) is 5.56 Å². The van der Waals surface area contributed by atoms with Crippen molar-refractivity contribution in [3.05, 3.63) is 70.5 Å². The van der Waals surface area contributed by atoms with E-state index in [1.165, 1.54) is 30.6 Å². The molecular weight excluding hydrogens is 432 g/mol. The Hall–Kier alpha value is -3.19. The van der Waals surface area contributed by atoms with Crippen molar-refractivity contribution >= 4 is 22.8 Å². The van der Waals surface area contributed by atoms with Crippen LogP contribution in [0.3, 0.4) is 0 Å². The number of ether oxygens (including phenoxy) is 2. The van der Waals surface area contributed by atoms with E-state index in [1.807, 2.05) is 30.3 Å². The van der Waals surface area contributed by atoms with Gasteiger partial charge in [0, 0.05) is 24.6 Å². The highest BCUT2D eigenvalue weighted by Crippen LogP contribution is 2.05. The normalized spacial score (nSPS) is 10.5. The lowest BCUT2D eigenvalue weighted by atomic mass is 10.1. The summed E-state index contributed by atoms with van der Waals surface area (Å²) < 4.78 is 10.6. The van der Waals surface area contributed by atoms with Crippen molar-refractivity contribution in [3.63, 3.8) is 0 Å². The molecule has 0 fully saturated rings. The number of nitrogens with zero attached hydrogens (tertiary/aromatic N) is 1. The van der Waals surface area contributed by atoms with Crippen LogP contribution in [0.5, 0.6) is 0 Å². The van der Waals surface area contributed by atoms with Gasteiger partial charge in [0.2, 0.25) is 5.91 Å². The number of unbranched alkanes of at least 4 members (excludes halogenated alkanes) is 5. The zero-order valence-electron chi connectivity index (χ0n) is 20.3. The Kier molecular flexibility index (Phi) is 12.4. The first kappa shape index (κ1) is 27.1. The van der Waals surface area contributed by atoms with E-state index in [4.69, 9.17) is 9.47 Å². The Balaban J connectivity index is 0.000000371. The number of carbonyl (C=O) groups excluding carboxylic acids is 2. The van der Waals surface area contributed by atoms with Gasteiger partial charge in [-0.1, -0.05) is 57.2 Å². The average Bonchev–Trinajstić information content (AvgIpc) is 2.87. The van der Waals surface area contributed by atoms with Crippen LogP contribution in [-0.4, -0.2) is 55.2 Å². The number of esters is 1. The van der Waals surface area contributed by atoms with Crippen molar-refractivity contribution in [1.29, 1.82) is 0 Å². The number of fused-ring (bicyclic) bond motifs is 3. The van der Waals surface area contributed by atoms with Gasteiger partial charge in [-0.15, -0.1) is 0 Å². The SMILES string of the molecule is CCCCCCCCOCC(=O)N(C)CCOC(=O)c1ccccc1.O=c1[nH]c2ccc1cc2. The Bertz CT molecular complexity index is 998. The molecule has 4 rings (SSSR count). The number of aromatic amines is 1. The van der Waals surface area contributed by atoms with Gasteiger partial charge in [0.1, 0.15) is 13.2 Å². The van der Waals surface area contributed by atoms with Crippen molar-refractivity contribution in [3.8, 4) is 0 Å². The molecule has 0 aliphatic carbocycles. The number of amides is 1. The molecular formula is C27H36N2O5. The minimum absolute atomic E-state index is 0.00926. The number of hydrogen-bond donors (Lipinski definition) is 1. The molecule has 0 radical (unpaired) electrons. The topological polar surface area (TPSA) is 88.7 Å². The third-order valence-corrected chi connectivity index (χ3v) is 5.37. The molecule has 184 valence electrons. The molecule has 2 aromatic heterocycles. The Labute approximate surface area is 201 Å². The summed E-state index contributed by atoms with van der Waals surface area (Å²) in [5, 5.41) is 0.741. The van der Waals surface area contributed by atoms with Gasteiger partial charge in [-0.2, -0.15) is 0 Å². The van der Waals surface area contributed by atoms with E-state index in [-0.39, 0.29) is 30.6 Å². The van der Waals surface area contributed by atoms with Crippen LogP contribution in [0, 0.1) is 0 Å². The Morgan fingerprint density at radius 2 is 1.56 bits per heavy atom. The van der Waals surface area contributed by atoms with Crippen LogP contribution < -0.4 is 5.56 Å². The van der Waals surface area contributed by atoms with Crippen LogP contribution in [0.25, 0.3) is 10.9 Å². The number of likely N-dealkylation sites (N-methyl/N-ethyl adjacent to an activating group) is 1. The Morgan fingerprint density at radius 1 is 0.882 bits per heavy atom. The van der Waals surface area contributed by atoms with Crippen LogP contribution >= 0.6 is 0 Å². The van der Waals surface area contributed by atoms with E-state index in [0.717, 1.165) is 23.7 Å². The number of aromatic nitrogens is 1. The molecule has 7 nitrogen and oxygen atoms in total. The van der Waals surface area contributed by atoms with Crippen molar-refractivity contribution in [2.75, 3.05) is 33.4 Å². The summed E-state index contributed by atoms with van der Waals surface area (Å²) in [6.45, 7) is 3.44. The molecule has 34 heavy (non-hydrogen) atoms. The quantitative estimate of drug-likeness (QED) is 0.291. The predicted octanol–water partition coefficient (Wildman–Crippen LogP) is 4.64. The summed E-state index contributed by atoms with van der Waals surface area (Å²) in [6, 6.07) is 16.2. The summed E-state index contributed by atoms with van der Waals surface area (Å²) in [5.74, 6) is -0.470.